The monoisotopic (exact) mass is 650 g/mol. The molecule has 0 saturated heterocycles. The minimum absolute atomic E-state index is 0.613. The van der Waals surface area contributed by atoms with Crippen molar-refractivity contribution in [3.8, 4) is 22.9 Å². The summed E-state index contributed by atoms with van der Waals surface area (Å²) in [4.78, 5) is 10.7. The van der Waals surface area contributed by atoms with E-state index in [9.17, 15) is 0 Å². The number of hydrogen-bond acceptors (Lipinski definition) is 3. The number of fused-ring (bicyclic) bond motifs is 9. The summed E-state index contributed by atoms with van der Waals surface area (Å²) in [6, 6.07) is 55.7. The SMILES string of the molecule is c1ccc(-c2nc(-n3c4ccccc4c4ccccc43)nc3c2oc2c(-n4c5cccc6c7ccccc7c7cccc4c7c65)cccc23)cc1. The van der Waals surface area contributed by atoms with Gasteiger partial charge in [-0.1, -0.05) is 121 Å². The summed E-state index contributed by atoms with van der Waals surface area (Å²) in [5, 5.41) is 10.9. The molecule has 5 nitrogen and oxygen atoms in total. The third-order valence-corrected chi connectivity index (χ3v) is 10.7. The first-order valence-corrected chi connectivity index (χ1v) is 17.3. The van der Waals surface area contributed by atoms with E-state index < -0.39 is 0 Å². The van der Waals surface area contributed by atoms with Crippen LogP contribution in [0.3, 0.4) is 0 Å². The van der Waals surface area contributed by atoms with Gasteiger partial charge in [0.15, 0.2) is 11.2 Å². The van der Waals surface area contributed by atoms with Gasteiger partial charge in [0.05, 0.1) is 27.8 Å². The van der Waals surface area contributed by atoms with E-state index in [0.29, 0.717) is 11.5 Å². The average Bonchev–Trinajstić information content (AvgIpc) is 3.86. The molecule has 0 aliphatic heterocycles. The normalized spacial score (nSPS) is 12.3. The average molecular weight is 651 g/mol. The molecule has 0 amide bonds. The minimum Gasteiger partial charge on any atom is -0.450 e. The summed E-state index contributed by atoms with van der Waals surface area (Å²) in [7, 11) is 0. The van der Waals surface area contributed by atoms with Gasteiger partial charge < -0.3 is 8.98 Å². The fourth-order valence-electron chi connectivity index (χ4n) is 8.61. The van der Waals surface area contributed by atoms with Gasteiger partial charge in [-0.3, -0.25) is 4.57 Å². The molecular formula is C46H26N4O. The molecule has 0 atom stereocenters. The second-order valence-corrected chi connectivity index (χ2v) is 13.3. The molecule has 4 heterocycles. The quantitative estimate of drug-likeness (QED) is 0.179. The molecule has 0 fully saturated rings. The fraction of sp³-hybridized carbons (Fsp3) is 0. The molecule has 0 spiro atoms. The highest BCUT2D eigenvalue weighted by atomic mass is 16.3. The second-order valence-electron chi connectivity index (χ2n) is 13.3. The number of benzene rings is 8. The Morgan fingerprint density at radius 3 is 1.53 bits per heavy atom. The lowest BCUT2D eigenvalue weighted by Gasteiger charge is -2.09. The van der Waals surface area contributed by atoms with Gasteiger partial charge in [-0.15, -0.1) is 0 Å². The van der Waals surface area contributed by atoms with Crippen LogP contribution in [0.4, 0.5) is 0 Å². The van der Waals surface area contributed by atoms with Crippen LogP contribution in [0.15, 0.2) is 162 Å². The topological polar surface area (TPSA) is 48.8 Å². The molecule has 12 rings (SSSR count). The fourth-order valence-corrected chi connectivity index (χ4v) is 8.61. The molecule has 0 saturated carbocycles. The van der Waals surface area contributed by atoms with Crippen molar-refractivity contribution in [2.24, 2.45) is 0 Å². The van der Waals surface area contributed by atoms with Gasteiger partial charge in [0.2, 0.25) is 5.95 Å². The second kappa shape index (κ2) is 9.80. The summed E-state index contributed by atoms with van der Waals surface area (Å²) < 4.78 is 11.6. The van der Waals surface area contributed by atoms with E-state index in [1.807, 2.05) is 18.2 Å². The molecule has 236 valence electrons. The van der Waals surface area contributed by atoms with E-state index in [0.717, 1.165) is 55.5 Å². The van der Waals surface area contributed by atoms with E-state index in [4.69, 9.17) is 14.4 Å². The number of furan rings is 1. The van der Waals surface area contributed by atoms with Gasteiger partial charge in [0.1, 0.15) is 11.2 Å². The number of hydrogen-bond donors (Lipinski definition) is 0. The lowest BCUT2D eigenvalue weighted by Crippen LogP contribution is -2.02. The Labute approximate surface area is 290 Å². The Balaban J connectivity index is 1.22. The van der Waals surface area contributed by atoms with Crippen LogP contribution in [0.25, 0.3) is 110 Å². The summed E-state index contributed by atoms with van der Waals surface area (Å²) in [6.45, 7) is 0. The van der Waals surface area contributed by atoms with Gasteiger partial charge in [-0.05, 0) is 57.9 Å². The summed E-state index contributed by atoms with van der Waals surface area (Å²) in [6.07, 6.45) is 0. The predicted molar refractivity (Wildman–Crippen MR) is 210 cm³/mol. The zero-order valence-electron chi connectivity index (χ0n) is 27.2. The zero-order chi connectivity index (χ0) is 33.2. The first kappa shape index (κ1) is 26.9. The van der Waals surface area contributed by atoms with Gasteiger partial charge >= 0.3 is 0 Å². The van der Waals surface area contributed by atoms with Crippen LogP contribution < -0.4 is 0 Å². The van der Waals surface area contributed by atoms with Crippen LogP contribution in [0.2, 0.25) is 0 Å². The molecular weight excluding hydrogens is 625 g/mol. The molecule has 5 heteroatoms. The van der Waals surface area contributed by atoms with Crippen molar-refractivity contribution in [3.05, 3.63) is 158 Å². The van der Waals surface area contributed by atoms with Crippen LogP contribution in [-0.4, -0.2) is 19.1 Å². The Morgan fingerprint density at radius 1 is 0.373 bits per heavy atom. The number of para-hydroxylation sites is 3. The maximum absolute atomic E-state index is 7.02. The van der Waals surface area contributed by atoms with Crippen LogP contribution in [-0.2, 0) is 0 Å². The summed E-state index contributed by atoms with van der Waals surface area (Å²) in [5.74, 6) is 0.613. The first-order valence-electron chi connectivity index (χ1n) is 17.3. The molecule has 0 N–H and O–H groups in total. The van der Waals surface area contributed by atoms with E-state index in [-0.39, 0.29) is 0 Å². The van der Waals surface area contributed by atoms with Crippen LogP contribution >= 0.6 is 0 Å². The third kappa shape index (κ3) is 3.49. The van der Waals surface area contributed by atoms with Crippen molar-refractivity contribution in [2.45, 2.75) is 0 Å². The maximum atomic E-state index is 7.02. The molecule has 51 heavy (non-hydrogen) atoms. The van der Waals surface area contributed by atoms with Crippen molar-refractivity contribution in [1.29, 1.82) is 0 Å². The lowest BCUT2D eigenvalue weighted by molar-refractivity contribution is 0.664. The van der Waals surface area contributed by atoms with Crippen molar-refractivity contribution in [1.82, 2.24) is 19.1 Å². The van der Waals surface area contributed by atoms with Crippen molar-refractivity contribution >= 4 is 87.2 Å². The molecule has 0 aliphatic rings. The highest BCUT2D eigenvalue weighted by Crippen LogP contribution is 2.45. The van der Waals surface area contributed by atoms with Gasteiger partial charge in [0, 0.05) is 32.5 Å². The molecule has 12 aromatic rings. The van der Waals surface area contributed by atoms with Gasteiger partial charge in [-0.25, -0.2) is 9.97 Å². The standard InChI is InChI=1S/C46H26N4O/c1-2-13-27(14-3-1)42-45-43(48-46(47-42)50-35-22-8-6-17-30(35)31-18-7-9-23-36(31)50)34-21-12-26-39(44(34)51-45)49-37-24-10-19-32-28-15-4-5-16-29(28)33-20-11-25-38(49)41(33)40(32)37/h1-26H. The van der Waals surface area contributed by atoms with Gasteiger partial charge in [0.25, 0.3) is 0 Å². The van der Waals surface area contributed by atoms with Crippen LogP contribution in [0.1, 0.15) is 0 Å². The van der Waals surface area contributed by atoms with E-state index in [1.165, 1.54) is 43.1 Å². The molecule has 0 unspecified atom stereocenters. The largest absolute Gasteiger partial charge is 0.450 e. The molecule has 0 aliphatic carbocycles. The first-order chi connectivity index (χ1) is 25.3. The Bertz CT molecular complexity index is 3230. The number of rotatable bonds is 3. The van der Waals surface area contributed by atoms with Crippen molar-refractivity contribution in [2.75, 3.05) is 0 Å². The minimum atomic E-state index is 0.613. The highest BCUT2D eigenvalue weighted by Gasteiger charge is 2.25. The van der Waals surface area contributed by atoms with E-state index in [1.54, 1.807) is 0 Å². The van der Waals surface area contributed by atoms with Crippen LogP contribution in [0, 0.1) is 0 Å². The molecule has 0 bridgehead atoms. The highest BCUT2D eigenvalue weighted by molar-refractivity contribution is 6.34. The van der Waals surface area contributed by atoms with Crippen LogP contribution in [0.5, 0.6) is 0 Å². The zero-order valence-corrected chi connectivity index (χ0v) is 27.2. The predicted octanol–water partition coefficient (Wildman–Crippen LogP) is 12.0. The third-order valence-electron chi connectivity index (χ3n) is 10.7. The Kier molecular flexibility index (Phi) is 5.17. The Hall–Kier alpha value is -6.98. The Morgan fingerprint density at radius 2 is 0.882 bits per heavy atom. The summed E-state index contributed by atoms with van der Waals surface area (Å²) >= 11 is 0. The smallest absolute Gasteiger partial charge is 0.236 e. The lowest BCUT2D eigenvalue weighted by atomic mass is 9.95. The van der Waals surface area contributed by atoms with Gasteiger partial charge in [-0.2, -0.15) is 0 Å². The number of nitrogens with zero attached hydrogens (tertiary/aromatic N) is 4. The van der Waals surface area contributed by atoms with Crippen molar-refractivity contribution in [3.63, 3.8) is 0 Å². The van der Waals surface area contributed by atoms with E-state index >= 15 is 0 Å². The number of aromatic nitrogens is 4. The maximum Gasteiger partial charge on any atom is 0.236 e. The summed E-state index contributed by atoms with van der Waals surface area (Å²) in [5.41, 5.74) is 9.39. The van der Waals surface area contributed by atoms with Crippen molar-refractivity contribution < 1.29 is 4.42 Å². The van der Waals surface area contributed by atoms with E-state index in [2.05, 4.69) is 149 Å². The molecule has 4 aromatic heterocycles. The molecule has 0 radical (unpaired) electrons. The molecule has 8 aromatic carbocycles.